The first-order valence-corrected chi connectivity index (χ1v) is 10.2. The molecule has 3 aliphatic rings. The van der Waals surface area contributed by atoms with E-state index in [1.165, 1.54) is 11.3 Å². The molecule has 2 fully saturated rings. The molecule has 0 saturated carbocycles. The summed E-state index contributed by atoms with van der Waals surface area (Å²) in [6, 6.07) is 0. The number of carbonyl (C=O) groups is 1. The van der Waals surface area contributed by atoms with Gasteiger partial charge in [-0.1, -0.05) is 0 Å². The zero-order valence-corrected chi connectivity index (χ0v) is 16.6. The van der Waals surface area contributed by atoms with Crippen molar-refractivity contribution in [3.63, 3.8) is 0 Å². The molecule has 1 aromatic rings. The van der Waals surface area contributed by atoms with Crippen LogP contribution in [-0.4, -0.2) is 83.7 Å². The number of nitrogens with zero attached hydrogens (tertiary/aromatic N) is 5. The summed E-state index contributed by atoms with van der Waals surface area (Å²) in [6.07, 6.45) is 5.17. The lowest BCUT2D eigenvalue weighted by Gasteiger charge is -2.39. The molecular formula is C20H31N5O2. The van der Waals surface area contributed by atoms with Gasteiger partial charge >= 0.3 is 0 Å². The van der Waals surface area contributed by atoms with Gasteiger partial charge in [0, 0.05) is 43.7 Å². The molecule has 7 nitrogen and oxygen atoms in total. The van der Waals surface area contributed by atoms with E-state index in [1.54, 1.807) is 4.90 Å². The molecular weight excluding hydrogens is 342 g/mol. The molecule has 1 aliphatic carbocycles. The summed E-state index contributed by atoms with van der Waals surface area (Å²) in [5, 5.41) is 9.14. The van der Waals surface area contributed by atoms with Crippen LogP contribution in [0.4, 0.5) is 5.82 Å². The van der Waals surface area contributed by atoms with Crippen LogP contribution in [0.1, 0.15) is 42.8 Å². The van der Waals surface area contributed by atoms with Crippen molar-refractivity contribution in [3.8, 4) is 0 Å². The van der Waals surface area contributed by atoms with Crippen molar-refractivity contribution in [1.82, 2.24) is 19.8 Å². The molecule has 148 valence electrons. The van der Waals surface area contributed by atoms with E-state index in [-0.39, 0.29) is 11.3 Å². The fraction of sp³-hybridized carbons (Fsp3) is 0.750. The molecule has 0 aromatic carbocycles. The van der Waals surface area contributed by atoms with Crippen LogP contribution in [0.3, 0.4) is 0 Å². The molecule has 7 heteroatoms. The monoisotopic (exact) mass is 373 g/mol. The molecule has 1 amide bonds. The van der Waals surface area contributed by atoms with Crippen molar-refractivity contribution in [1.29, 1.82) is 0 Å². The zero-order valence-electron chi connectivity index (χ0n) is 16.6. The van der Waals surface area contributed by atoms with Crippen molar-refractivity contribution >= 4 is 11.7 Å². The van der Waals surface area contributed by atoms with Crippen LogP contribution in [0.25, 0.3) is 0 Å². The summed E-state index contributed by atoms with van der Waals surface area (Å²) in [5.74, 6) is 1.85. The van der Waals surface area contributed by atoms with Gasteiger partial charge in [-0.25, -0.2) is 9.97 Å². The number of amides is 1. The van der Waals surface area contributed by atoms with Gasteiger partial charge in [0.25, 0.3) is 0 Å². The smallest absolute Gasteiger partial charge is 0.248 e. The summed E-state index contributed by atoms with van der Waals surface area (Å²) in [7, 11) is 2.19. The number of aromatic nitrogens is 2. The van der Waals surface area contributed by atoms with E-state index in [1.807, 2.05) is 6.92 Å². The summed E-state index contributed by atoms with van der Waals surface area (Å²) < 4.78 is 0. The van der Waals surface area contributed by atoms with Crippen molar-refractivity contribution in [2.24, 2.45) is 0 Å². The Kier molecular flexibility index (Phi) is 5.07. The second-order valence-corrected chi connectivity index (χ2v) is 8.38. The number of piperidine rings is 1. The minimum Gasteiger partial charge on any atom is -0.387 e. The minimum absolute atomic E-state index is 0.0761. The molecule has 3 heterocycles. The van der Waals surface area contributed by atoms with Gasteiger partial charge in [0.2, 0.25) is 5.91 Å². The highest BCUT2D eigenvalue weighted by Crippen LogP contribution is 2.47. The average molecular weight is 374 g/mol. The van der Waals surface area contributed by atoms with Crippen LogP contribution in [0.15, 0.2) is 0 Å². The molecule has 1 aromatic heterocycles. The van der Waals surface area contributed by atoms with E-state index >= 15 is 0 Å². The van der Waals surface area contributed by atoms with Crippen molar-refractivity contribution in [3.05, 3.63) is 17.1 Å². The average Bonchev–Trinajstić information content (AvgIpc) is 2.86. The quantitative estimate of drug-likeness (QED) is 0.824. The second-order valence-electron chi connectivity index (χ2n) is 8.38. The first kappa shape index (κ1) is 18.6. The number of aliphatic hydroxyl groups excluding tert-OH is 1. The van der Waals surface area contributed by atoms with Crippen LogP contribution in [0.2, 0.25) is 0 Å². The number of aliphatic hydroxyl groups is 1. The highest BCUT2D eigenvalue weighted by molar-refractivity contribution is 5.77. The van der Waals surface area contributed by atoms with Crippen LogP contribution in [0.5, 0.6) is 0 Å². The van der Waals surface area contributed by atoms with Crippen LogP contribution in [0, 0.1) is 6.92 Å². The highest BCUT2D eigenvalue weighted by atomic mass is 16.3. The number of likely N-dealkylation sites (N-methyl/N-ethyl adjacent to an activating group) is 1. The Balaban J connectivity index is 1.61. The second kappa shape index (κ2) is 7.36. The molecule has 27 heavy (non-hydrogen) atoms. The largest absolute Gasteiger partial charge is 0.387 e. The Morgan fingerprint density at radius 1 is 1.07 bits per heavy atom. The Labute approximate surface area is 161 Å². The summed E-state index contributed by atoms with van der Waals surface area (Å²) in [4.78, 5) is 28.3. The molecule has 0 unspecified atom stereocenters. The SMILES string of the molecule is Cc1nc(N2CCCN(C)CC2)c2c(n1)C1(CC2)CCN(C(=O)CO)CC1. The third kappa shape index (κ3) is 3.43. The van der Waals surface area contributed by atoms with E-state index in [9.17, 15) is 4.79 Å². The predicted molar refractivity (Wildman–Crippen MR) is 104 cm³/mol. The van der Waals surface area contributed by atoms with Gasteiger partial charge in [0.1, 0.15) is 18.2 Å². The maximum Gasteiger partial charge on any atom is 0.248 e. The predicted octanol–water partition coefficient (Wildman–Crippen LogP) is 0.726. The summed E-state index contributed by atoms with van der Waals surface area (Å²) in [5.41, 5.74) is 2.65. The topological polar surface area (TPSA) is 72.8 Å². The minimum atomic E-state index is -0.390. The summed E-state index contributed by atoms with van der Waals surface area (Å²) in [6.45, 7) is 7.33. The number of aryl methyl sites for hydroxylation is 1. The molecule has 0 radical (unpaired) electrons. The van der Waals surface area contributed by atoms with Gasteiger partial charge in [-0.05, 0) is 52.6 Å². The number of likely N-dealkylation sites (tertiary alicyclic amines) is 1. The lowest BCUT2D eigenvalue weighted by molar-refractivity contribution is -0.135. The van der Waals surface area contributed by atoms with Crippen LogP contribution < -0.4 is 4.90 Å². The van der Waals surface area contributed by atoms with Gasteiger partial charge in [0.15, 0.2) is 0 Å². The van der Waals surface area contributed by atoms with E-state index in [0.717, 1.165) is 69.9 Å². The fourth-order valence-electron chi connectivity index (χ4n) is 5.02. The lowest BCUT2D eigenvalue weighted by atomic mass is 9.76. The van der Waals surface area contributed by atoms with Crippen LogP contribution in [-0.2, 0) is 16.6 Å². The van der Waals surface area contributed by atoms with E-state index in [2.05, 4.69) is 16.8 Å². The number of fused-ring (bicyclic) bond motifs is 2. The molecule has 4 rings (SSSR count). The Bertz CT molecular complexity index is 715. The highest BCUT2D eigenvalue weighted by Gasteiger charge is 2.45. The number of anilines is 1. The van der Waals surface area contributed by atoms with Gasteiger partial charge < -0.3 is 19.8 Å². The maximum absolute atomic E-state index is 11.8. The van der Waals surface area contributed by atoms with Crippen LogP contribution >= 0.6 is 0 Å². The van der Waals surface area contributed by atoms with Crippen molar-refractivity contribution in [2.45, 2.75) is 44.4 Å². The van der Waals surface area contributed by atoms with Gasteiger partial charge in [-0.15, -0.1) is 0 Å². The zero-order chi connectivity index (χ0) is 19.0. The normalized spacial score (nSPS) is 22.8. The van der Waals surface area contributed by atoms with Gasteiger partial charge in [-0.3, -0.25) is 4.79 Å². The van der Waals surface area contributed by atoms with E-state index < -0.39 is 6.61 Å². The standard InChI is InChI=1S/C20H31N5O2/c1-15-21-18-16(19(22-15)25-9-3-8-23(2)12-13-25)4-5-20(18)6-10-24(11-7-20)17(27)14-26/h26H,3-14H2,1-2H3. The van der Waals surface area contributed by atoms with Crippen molar-refractivity contribution < 1.29 is 9.90 Å². The lowest BCUT2D eigenvalue weighted by Crippen LogP contribution is -2.45. The summed E-state index contributed by atoms with van der Waals surface area (Å²) >= 11 is 0. The maximum atomic E-state index is 11.8. The molecule has 1 N–H and O–H groups in total. The number of hydrogen-bond acceptors (Lipinski definition) is 6. The molecule has 2 aliphatic heterocycles. The number of carbonyl (C=O) groups excluding carboxylic acids is 1. The molecule has 2 saturated heterocycles. The van der Waals surface area contributed by atoms with E-state index in [4.69, 9.17) is 15.1 Å². The van der Waals surface area contributed by atoms with Gasteiger partial charge in [-0.2, -0.15) is 0 Å². The number of rotatable bonds is 2. The first-order chi connectivity index (χ1) is 13.0. The van der Waals surface area contributed by atoms with E-state index in [0.29, 0.717) is 13.1 Å². The Hall–Kier alpha value is -1.73. The third-order valence-corrected chi connectivity index (χ3v) is 6.68. The van der Waals surface area contributed by atoms with Crippen molar-refractivity contribution in [2.75, 3.05) is 57.8 Å². The Morgan fingerprint density at radius 3 is 2.59 bits per heavy atom. The third-order valence-electron chi connectivity index (χ3n) is 6.68. The number of hydrogen-bond donors (Lipinski definition) is 1. The molecule has 1 spiro atoms. The Morgan fingerprint density at radius 2 is 1.85 bits per heavy atom. The fourth-order valence-corrected chi connectivity index (χ4v) is 5.02. The molecule has 0 bridgehead atoms. The first-order valence-electron chi connectivity index (χ1n) is 10.2. The molecule has 0 atom stereocenters. The van der Waals surface area contributed by atoms with Gasteiger partial charge in [0.05, 0.1) is 5.69 Å².